The lowest BCUT2D eigenvalue weighted by Gasteiger charge is -2.26. The Morgan fingerprint density at radius 2 is 1.48 bits per heavy atom. The van der Waals surface area contributed by atoms with Crippen molar-refractivity contribution in [3.05, 3.63) is 35.4 Å². The highest BCUT2D eigenvalue weighted by molar-refractivity contribution is 5.91. The molecular weight excluding hydrogens is 370 g/mol. The molecule has 162 valence electrons. The molecule has 0 bridgehead atoms. The van der Waals surface area contributed by atoms with Crippen LogP contribution in [-0.4, -0.2) is 48.5 Å². The van der Waals surface area contributed by atoms with Crippen molar-refractivity contribution in [1.82, 2.24) is 15.5 Å². The van der Waals surface area contributed by atoms with Crippen LogP contribution in [0.5, 0.6) is 0 Å². The predicted molar refractivity (Wildman–Crippen MR) is 113 cm³/mol. The number of amides is 3. The van der Waals surface area contributed by atoms with Crippen molar-refractivity contribution in [2.75, 3.05) is 19.7 Å². The number of ether oxygens (including phenoxy) is 1. The second-order valence-electron chi connectivity index (χ2n) is 8.34. The number of benzene rings is 1. The molecule has 0 aliphatic rings. The number of esters is 1. The third kappa shape index (κ3) is 9.96. The van der Waals surface area contributed by atoms with E-state index >= 15 is 0 Å². The summed E-state index contributed by atoms with van der Waals surface area (Å²) in [5, 5.41) is 5.49. The Morgan fingerprint density at radius 3 is 1.97 bits per heavy atom. The van der Waals surface area contributed by atoms with Crippen molar-refractivity contribution in [2.24, 2.45) is 11.8 Å². The Kier molecular flexibility index (Phi) is 10.2. The first kappa shape index (κ1) is 24.5. The van der Waals surface area contributed by atoms with Gasteiger partial charge in [-0.15, -0.1) is 0 Å². The van der Waals surface area contributed by atoms with Crippen LogP contribution >= 0.6 is 0 Å². The van der Waals surface area contributed by atoms with Crippen LogP contribution in [0.25, 0.3) is 0 Å². The second kappa shape index (κ2) is 12.1. The molecule has 0 unspecified atom stereocenters. The molecule has 0 aromatic heterocycles. The third-order valence-corrected chi connectivity index (χ3v) is 3.91. The number of nitrogens with one attached hydrogen (secondary N) is 2. The van der Waals surface area contributed by atoms with E-state index in [1.165, 1.54) is 0 Å². The first-order valence-corrected chi connectivity index (χ1v) is 10.2. The van der Waals surface area contributed by atoms with E-state index in [0.717, 1.165) is 5.56 Å². The molecule has 7 nitrogen and oxygen atoms in total. The van der Waals surface area contributed by atoms with Gasteiger partial charge >= 0.3 is 12.0 Å². The lowest BCUT2D eigenvalue weighted by atomic mass is 10.1. The summed E-state index contributed by atoms with van der Waals surface area (Å²) in [5.74, 6) is -0.0310. The summed E-state index contributed by atoms with van der Waals surface area (Å²) in [5.41, 5.74) is 1.23. The number of carbonyl (C=O) groups excluding carboxylic acids is 3. The fraction of sp³-hybridized carbons (Fsp3) is 0.591. The zero-order valence-corrected chi connectivity index (χ0v) is 18.5. The van der Waals surface area contributed by atoms with E-state index in [4.69, 9.17) is 4.74 Å². The number of hydrogen-bond acceptors (Lipinski definition) is 4. The van der Waals surface area contributed by atoms with Crippen molar-refractivity contribution in [2.45, 2.75) is 54.1 Å². The molecule has 0 radical (unpaired) electrons. The standard InChI is InChI=1S/C22H35N3O4/c1-15(2)12-25(13-16(3)4)20(26)14-29-21(27)19-9-7-18(8-10-19)11-23-22(28)24-17(5)6/h7-10,15-17H,11-14H2,1-6H3,(H2,23,24,28). The molecule has 7 heteroatoms. The van der Waals surface area contributed by atoms with Crippen LogP contribution in [0.15, 0.2) is 24.3 Å². The molecule has 0 aliphatic carbocycles. The summed E-state index contributed by atoms with van der Waals surface area (Å²) in [7, 11) is 0. The Hall–Kier alpha value is -2.57. The average molecular weight is 406 g/mol. The van der Waals surface area contributed by atoms with Gasteiger partial charge in [0.25, 0.3) is 5.91 Å². The maximum absolute atomic E-state index is 12.4. The second-order valence-corrected chi connectivity index (χ2v) is 8.34. The summed E-state index contributed by atoms with van der Waals surface area (Å²) in [6, 6.07) is 6.57. The maximum atomic E-state index is 12.4. The molecule has 0 spiro atoms. The van der Waals surface area contributed by atoms with Crippen LogP contribution in [0.4, 0.5) is 4.79 Å². The molecule has 0 heterocycles. The topological polar surface area (TPSA) is 87.7 Å². The first-order chi connectivity index (χ1) is 13.6. The number of urea groups is 1. The van der Waals surface area contributed by atoms with Crippen LogP contribution < -0.4 is 10.6 Å². The number of hydrogen-bond donors (Lipinski definition) is 2. The van der Waals surface area contributed by atoms with Gasteiger partial charge < -0.3 is 20.3 Å². The summed E-state index contributed by atoms with van der Waals surface area (Å²) in [6.07, 6.45) is 0. The highest BCUT2D eigenvalue weighted by atomic mass is 16.5. The van der Waals surface area contributed by atoms with Gasteiger partial charge in [0, 0.05) is 25.7 Å². The van der Waals surface area contributed by atoms with Gasteiger partial charge in [0.05, 0.1) is 5.56 Å². The predicted octanol–water partition coefficient (Wildman–Crippen LogP) is 3.19. The van der Waals surface area contributed by atoms with E-state index in [-0.39, 0.29) is 24.6 Å². The largest absolute Gasteiger partial charge is 0.452 e. The highest BCUT2D eigenvalue weighted by Crippen LogP contribution is 2.08. The number of nitrogens with zero attached hydrogens (tertiary/aromatic N) is 1. The minimum absolute atomic E-state index is 0.0619. The summed E-state index contributed by atoms with van der Waals surface area (Å²) >= 11 is 0. The minimum Gasteiger partial charge on any atom is -0.452 e. The molecule has 1 rings (SSSR count). The maximum Gasteiger partial charge on any atom is 0.338 e. The Morgan fingerprint density at radius 1 is 0.931 bits per heavy atom. The Bertz CT molecular complexity index is 659. The molecule has 0 saturated heterocycles. The van der Waals surface area contributed by atoms with Crippen LogP contribution in [-0.2, 0) is 16.1 Å². The van der Waals surface area contributed by atoms with Gasteiger partial charge in [-0.1, -0.05) is 39.8 Å². The molecule has 0 atom stereocenters. The third-order valence-electron chi connectivity index (χ3n) is 3.91. The minimum atomic E-state index is -0.538. The van der Waals surface area contributed by atoms with Crippen LogP contribution in [0.1, 0.15) is 57.5 Å². The summed E-state index contributed by atoms with van der Waals surface area (Å²) in [6.45, 7) is 13.3. The van der Waals surface area contributed by atoms with Gasteiger partial charge in [-0.2, -0.15) is 0 Å². The zero-order chi connectivity index (χ0) is 22.0. The molecule has 0 fully saturated rings. The molecule has 3 amide bonds. The summed E-state index contributed by atoms with van der Waals surface area (Å²) in [4.78, 5) is 38.0. The molecular formula is C22H35N3O4. The smallest absolute Gasteiger partial charge is 0.338 e. The van der Waals surface area contributed by atoms with Gasteiger partial charge in [-0.3, -0.25) is 4.79 Å². The fourth-order valence-corrected chi connectivity index (χ4v) is 2.72. The van der Waals surface area contributed by atoms with Crippen LogP contribution in [0.2, 0.25) is 0 Å². The van der Waals surface area contributed by atoms with Gasteiger partial charge in [0.1, 0.15) is 0 Å². The van der Waals surface area contributed by atoms with Crippen molar-refractivity contribution in [3.63, 3.8) is 0 Å². The summed E-state index contributed by atoms with van der Waals surface area (Å²) < 4.78 is 5.21. The van der Waals surface area contributed by atoms with E-state index in [0.29, 0.717) is 37.0 Å². The average Bonchev–Trinajstić information content (AvgIpc) is 2.62. The normalized spacial score (nSPS) is 10.9. The molecule has 1 aromatic carbocycles. The highest BCUT2D eigenvalue weighted by Gasteiger charge is 2.18. The fourth-order valence-electron chi connectivity index (χ4n) is 2.72. The van der Waals surface area contributed by atoms with E-state index in [9.17, 15) is 14.4 Å². The van der Waals surface area contributed by atoms with Crippen molar-refractivity contribution in [1.29, 1.82) is 0 Å². The van der Waals surface area contributed by atoms with E-state index < -0.39 is 5.97 Å². The van der Waals surface area contributed by atoms with E-state index in [1.807, 2.05) is 13.8 Å². The molecule has 0 aliphatic heterocycles. The van der Waals surface area contributed by atoms with Gasteiger partial charge in [-0.25, -0.2) is 9.59 Å². The number of carbonyl (C=O) groups is 3. The van der Waals surface area contributed by atoms with Gasteiger partial charge in [-0.05, 0) is 43.4 Å². The molecule has 2 N–H and O–H groups in total. The van der Waals surface area contributed by atoms with E-state index in [1.54, 1.807) is 29.2 Å². The van der Waals surface area contributed by atoms with Crippen molar-refractivity contribution in [3.8, 4) is 0 Å². The van der Waals surface area contributed by atoms with Crippen molar-refractivity contribution >= 4 is 17.9 Å². The molecule has 29 heavy (non-hydrogen) atoms. The Balaban J connectivity index is 2.55. The van der Waals surface area contributed by atoms with Crippen LogP contribution in [0, 0.1) is 11.8 Å². The molecule has 0 saturated carbocycles. The zero-order valence-electron chi connectivity index (χ0n) is 18.5. The lowest BCUT2D eigenvalue weighted by Crippen LogP contribution is -2.39. The molecule has 1 aromatic rings. The lowest BCUT2D eigenvalue weighted by molar-refractivity contribution is -0.135. The quantitative estimate of drug-likeness (QED) is 0.585. The van der Waals surface area contributed by atoms with Crippen LogP contribution in [0.3, 0.4) is 0 Å². The van der Waals surface area contributed by atoms with Gasteiger partial charge in [0.2, 0.25) is 0 Å². The van der Waals surface area contributed by atoms with Crippen molar-refractivity contribution < 1.29 is 19.1 Å². The number of rotatable bonds is 10. The Labute approximate surface area is 174 Å². The first-order valence-electron chi connectivity index (χ1n) is 10.2. The SMILES string of the molecule is CC(C)CN(CC(C)C)C(=O)COC(=O)c1ccc(CNC(=O)NC(C)C)cc1. The van der Waals surface area contributed by atoms with Gasteiger partial charge in [0.15, 0.2) is 6.61 Å². The van der Waals surface area contributed by atoms with E-state index in [2.05, 4.69) is 38.3 Å². The monoisotopic (exact) mass is 405 g/mol.